The topological polar surface area (TPSA) is 89.9 Å². The average molecular weight is 260 g/mol. The fraction of sp³-hybridized carbons (Fsp3) is 0.833. The Labute approximate surface area is 108 Å². The molecular weight excluding hydrogens is 236 g/mol. The number of carboxylic acid groups (broad SMARTS) is 1. The molecule has 6 heteroatoms. The number of aliphatic carboxylic acids is 1. The normalized spacial score (nSPS) is 15.6. The van der Waals surface area contributed by atoms with Crippen molar-refractivity contribution in [2.75, 3.05) is 13.6 Å². The van der Waals surface area contributed by atoms with E-state index in [1.807, 2.05) is 13.8 Å². The minimum atomic E-state index is -1.43. The van der Waals surface area contributed by atoms with E-state index in [4.69, 9.17) is 5.11 Å². The second-order valence-corrected chi connectivity index (χ2v) is 4.97. The number of aliphatic hydroxyl groups is 1. The molecule has 0 saturated heterocycles. The first-order valence-corrected chi connectivity index (χ1v) is 6.14. The molecule has 0 aliphatic rings. The largest absolute Gasteiger partial charge is 0.481 e. The summed E-state index contributed by atoms with van der Waals surface area (Å²) < 4.78 is 0. The first-order valence-electron chi connectivity index (χ1n) is 6.14. The Bertz CT molecular complexity index is 292. The summed E-state index contributed by atoms with van der Waals surface area (Å²) in [5, 5.41) is 20.9. The van der Waals surface area contributed by atoms with Gasteiger partial charge >= 0.3 is 12.0 Å². The summed E-state index contributed by atoms with van der Waals surface area (Å²) in [5.74, 6) is -1.10. The highest BCUT2D eigenvalue weighted by atomic mass is 16.4. The zero-order chi connectivity index (χ0) is 14.3. The van der Waals surface area contributed by atoms with Gasteiger partial charge in [-0.2, -0.15) is 0 Å². The van der Waals surface area contributed by atoms with Crippen LogP contribution in [0.25, 0.3) is 0 Å². The van der Waals surface area contributed by atoms with Crippen LogP contribution in [0, 0.1) is 0 Å². The number of urea groups is 1. The molecule has 0 rings (SSSR count). The van der Waals surface area contributed by atoms with Gasteiger partial charge in [-0.3, -0.25) is 4.79 Å². The predicted octanol–water partition coefficient (Wildman–Crippen LogP) is 1.04. The molecule has 6 nitrogen and oxygen atoms in total. The lowest BCUT2D eigenvalue weighted by Crippen LogP contribution is -2.48. The Balaban J connectivity index is 4.20. The number of nitrogens with one attached hydrogen (secondary N) is 1. The second-order valence-electron chi connectivity index (χ2n) is 4.97. The van der Waals surface area contributed by atoms with Crippen LogP contribution in [0.4, 0.5) is 4.79 Å². The number of carbonyl (C=O) groups excluding carboxylic acids is 1. The highest BCUT2D eigenvalue weighted by Gasteiger charge is 2.26. The lowest BCUT2D eigenvalue weighted by molar-refractivity contribution is -0.141. The monoisotopic (exact) mass is 260 g/mol. The third-order valence-corrected chi connectivity index (χ3v) is 2.84. The van der Waals surface area contributed by atoms with Crippen molar-refractivity contribution >= 4 is 12.0 Å². The van der Waals surface area contributed by atoms with Crippen molar-refractivity contribution in [1.82, 2.24) is 10.2 Å². The number of hydrogen-bond acceptors (Lipinski definition) is 3. The Morgan fingerprint density at radius 3 is 2.44 bits per heavy atom. The quantitative estimate of drug-likeness (QED) is 0.638. The van der Waals surface area contributed by atoms with Gasteiger partial charge in [-0.05, 0) is 20.3 Å². The first kappa shape index (κ1) is 16.7. The molecule has 0 bridgehead atoms. The second kappa shape index (κ2) is 7.20. The van der Waals surface area contributed by atoms with Crippen molar-refractivity contribution in [1.29, 1.82) is 0 Å². The molecule has 3 N–H and O–H groups in total. The number of carboxylic acids is 1. The number of nitrogens with zero attached hydrogens (tertiary/aromatic N) is 1. The van der Waals surface area contributed by atoms with E-state index in [-0.39, 0.29) is 18.6 Å². The molecule has 0 saturated carbocycles. The highest BCUT2D eigenvalue weighted by molar-refractivity contribution is 5.74. The molecular formula is C12H24N2O4. The van der Waals surface area contributed by atoms with Crippen LogP contribution in [0.1, 0.15) is 40.0 Å². The van der Waals surface area contributed by atoms with Crippen molar-refractivity contribution in [2.24, 2.45) is 0 Å². The third-order valence-electron chi connectivity index (χ3n) is 2.84. The first-order chi connectivity index (χ1) is 8.19. The van der Waals surface area contributed by atoms with Gasteiger partial charge in [0.25, 0.3) is 0 Å². The van der Waals surface area contributed by atoms with Gasteiger partial charge in [0.15, 0.2) is 0 Å². The zero-order valence-corrected chi connectivity index (χ0v) is 11.6. The lowest BCUT2D eigenvalue weighted by atomic mass is 10.0. The molecule has 0 aromatic carbocycles. The van der Waals surface area contributed by atoms with E-state index in [0.717, 1.165) is 12.8 Å². The van der Waals surface area contributed by atoms with E-state index in [0.29, 0.717) is 0 Å². The van der Waals surface area contributed by atoms with E-state index in [1.54, 1.807) is 11.9 Å². The van der Waals surface area contributed by atoms with Gasteiger partial charge < -0.3 is 20.4 Å². The van der Waals surface area contributed by atoms with Crippen LogP contribution in [0.2, 0.25) is 0 Å². The maximum atomic E-state index is 11.7. The molecule has 18 heavy (non-hydrogen) atoms. The maximum Gasteiger partial charge on any atom is 0.317 e. The van der Waals surface area contributed by atoms with Crippen LogP contribution >= 0.6 is 0 Å². The molecule has 0 radical (unpaired) electrons. The molecule has 2 unspecified atom stereocenters. The van der Waals surface area contributed by atoms with E-state index in [1.165, 1.54) is 6.92 Å². The molecule has 0 aliphatic heterocycles. The molecule has 2 amide bonds. The van der Waals surface area contributed by atoms with Crippen molar-refractivity contribution in [3.05, 3.63) is 0 Å². The van der Waals surface area contributed by atoms with Crippen LogP contribution in [-0.2, 0) is 4.79 Å². The Kier molecular flexibility index (Phi) is 6.68. The van der Waals surface area contributed by atoms with Crippen molar-refractivity contribution in [3.63, 3.8) is 0 Å². The van der Waals surface area contributed by atoms with Crippen LogP contribution in [0.5, 0.6) is 0 Å². The van der Waals surface area contributed by atoms with E-state index in [2.05, 4.69) is 5.32 Å². The fourth-order valence-corrected chi connectivity index (χ4v) is 1.59. The Morgan fingerprint density at radius 1 is 1.44 bits per heavy atom. The lowest BCUT2D eigenvalue weighted by Gasteiger charge is -2.27. The van der Waals surface area contributed by atoms with Crippen molar-refractivity contribution in [2.45, 2.75) is 51.7 Å². The standard InChI is InChI=1S/C12H24N2O4/c1-5-6-9(2)14(4)11(17)13-8-12(3,18)7-10(15)16/h9,18H,5-8H2,1-4H3,(H,13,17)(H,15,16). The molecule has 0 aromatic rings. The minimum absolute atomic E-state index is 0.0820. The molecule has 0 heterocycles. The molecule has 106 valence electrons. The van der Waals surface area contributed by atoms with Crippen LogP contribution in [0.15, 0.2) is 0 Å². The molecule has 0 spiro atoms. The number of carbonyl (C=O) groups is 2. The number of rotatable bonds is 7. The maximum absolute atomic E-state index is 11.7. The van der Waals surface area contributed by atoms with Gasteiger partial charge in [-0.25, -0.2) is 4.79 Å². The fourth-order valence-electron chi connectivity index (χ4n) is 1.59. The zero-order valence-electron chi connectivity index (χ0n) is 11.6. The smallest absolute Gasteiger partial charge is 0.317 e. The molecule has 2 atom stereocenters. The Morgan fingerprint density at radius 2 is 2.00 bits per heavy atom. The van der Waals surface area contributed by atoms with Gasteiger partial charge in [0.1, 0.15) is 0 Å². The summed E-state index contributed by atoms with van der Waals surface area (Å²) in [5.41, 5.74) is -1.43. The van der Waals surface area contributed by atoms with Crippen LogP contribution in [-0.4, -0.2) is 52.3 Å². The van der Waals surface area contributed by atoms with Gasteiger partial charge in [-0.1, -0.05) is 13.3 Å². The van der Waals surface area contributed by atoms with Crippen molar-refractivity contribution in [3.8, 4) is 0 Å². The van der Waals surface area contributed by atoms with E-state index < -0.39 is 18.0 Å². The van der Waals surface area contributed by atoms with Gasteiger partial charge in [0, 0.05) is 19.6 Å². The van der Waals surface area contributed by atoms with E-state index in [9.17, 15) is 14.7 Å². The molecule has 0 aromatic heterocycles. The summed E-state index contributed by atoms with van der Waals surface area (Å²) in [6.07, 6.45) is 1.48. The predicted molar refractivity (Wildman–Crippen MR) is 68.4 cm³/mol. The third kappa shape index (κ3) is 6.44. The highest BCUT2D eigenvalue weighted by Crippen LogP contribution is 2.08. The van der Waals surface area contributed by atoms with E-state index >= 15 is 0 Å². The SMILES string of the molecule is CCCC(C)N(C)C(=O)NCC(C)(O)CC(=O)O. The molecule has 0 fully saturated rings. The van der Waals surface area contributed by atoms with Gasteiger partial charge in [0.2, 0.25) is 0 Å². The summed E-state index contributed by atoms with van der Waals surface area (Å²) in [7, 11) is 1.68. The van der Waals surface area contributed by atoms with Crippen LogP contribution in [0.3, 0.4) is 0 Å². The summed E-state index contributed by atoms with van der Waals surface area (Å²) >= 11 is 0. The summed E-state index contributed by atoms with van der Waals surface area (Å²) in [6, 6.07) is -0.193. The van der Waals surface area contributed by atoms with Crippen molar-refractivity contribution < 1.29 is 19.8 Å². The number of amides is 2. The van der Waals surface area contributed by atoms with Gasteiger partial charge in [0.05, 0.1) is 12.0 Å². The summed E-state index contributed by atoms with van der Waals surface area (Å²) in [6.45, 7) is 5.29. The Hall–Kier alpha value is -1.30. The minimum Gasteiger partial charge on any atom is -0.481 e. The number of hydrogen-bond donors (Lipinski definition) is 3. The average Bonchev–Trinajstić information content (AvgIpc) is 2.23. The van der Waals surface area contributed by atoms with Crippen LogP contribution < -0.4 is 5.32 Å². The summed E-state index contributed by atoms with van der Waals surface area (Å²) in [4.78, 5) is 23.8. The molecule has 0 aliphatic carbocycles. The van der Waals surface area contributed by atoms with Gasteiger partial charge in [-0.15, -0.1) is 0 Å².